The highest BCUT2D eigenvalue weighted by atomic mass is 32.2. The van der Waals surface area contributed by atoms with E-state index in [9.17, 15) is 13.2 Å². The summed E-state index contributed by atoms with van der Waals surface area (Å²) in [6, 6.07) is 6.00. The van der Waals surface area contributed by atoms with Crippen molar-refractivity contribution < 1.29 is 13.2 Å². The standard InChI is InChI=1S/C20H31N3O3S/c1-15-6-5-7-19(16(15)2)23-11-9-22(10-12-23)17(3)20(24)21(4)18-8-13-27(25,26)14-18/h5-7,17-18H,8-14H2,1-4H3/t17-,18+/m0/s1. The second-order valence-corrected chi connectivity index (χ2v) is 10.2. The van der Waals surface area contributed by atoms with Gasteiger partial charge in [-0.25, -0.2) is 8.42 Å². The average molecular weight is 394 g/mol. The second-order valence-electron chi connectivity index (χ2n) is 7.92. The van der Waals surface area contributed by atoms with Crippen LogP contribution in [0.4, 0.5) is 5.69 Å². The van der Waals surface area contributed by atoms with E-state index in [2.05, 4.69) is 41.8 Å². The third-order valence-corrected chi connectivity index (χ3v) is 7.99. The van der Waals surface area contributed by atoms with Gasteiger partial charge in [0, 0.05) is 45.0 Å². The van der Waals surface area contributed by atoms with E-state index in [1.54, 1.807) is 11.9 Å². The molecule has 0 bridgehead atoms. The second kappa shape index (κ2) is 7.80. The SMILES string of the molecule is Cc1cccc(N2CCN([C@@H](C)C(=O)N(C)[C@@H]3CCS(=O)(=O)C3)CC2)c1C. The molecule has 0 aliphatic carbocycles. The Morgan fingerprint density at radius 3 is 2.44 bits per heavy atom. The molecule has 0 N–H and O–H groups in total. The van der Waals surface area contributed by atoms with Crippen molar-refractivity contribution in [3.63, 3.8) is 0 Å². The molecule has 0 radical (unpaired) electrons. The highest BCUT2D eigenvalue weighted by Gasteiger charge is 2.36. The number of carbonyl (C=O) groups excluding carboxylic acids is 1. The molecule has 7 heteroatoms. The van der Waals surface area contributed by atoms with Crippen molar-refractivity contribution in [2.45, 2.75) is 39.3 Å². The summed E-state index contributed by atoms with van der Waals surface area (Å²) < 4.78 is 23.4. The van der Waals surface area contributed by atoms with Gasteiger partial charge in [-0.2, -0.15) is 0 Å². The van der Waals surface area contributed by atoms with Gasteiger partial charge < -0.3 is 9.80 Å². The summed E-state index contributed by atoms with van der Waals surface area (Å²) in [6.45, 7) is 9.68. The molecule has 150 valence electrons. The third kappa shape index (κ3) is 4.29. The van der Waals surface area contributed by atoms with Crippen LogP contribution in [-0.4, -0.2) is 80.9 Å². The number of likely N-dealkylation sites (N-methyl/N-ethyl adjacent to an activating group) is 1. The van der Waals surface area contributed by atoms with Crippen LogP contribution < -0.4 is 4.90 Å². The Kier molecular flexibility index (Phi) is 5.82. The summed E-state index contributed by atoms with van der Waals surface area (Å²) in [5, 5.41) is 0. The van der Waals surface area contributed by atoms with Crippen LogP contribution in [-0.2, 0) is 14.6 Å². The number of carbonyl (C=O) groups is 1. The molecule has 2 heterocycles. The summed E-state index contributed by atoms with van der Waals surface area (Å²) in [4.78, 5) is 19.1. The highest BCUT2D eigenvalue weighted by Crippen LogP contribution is 2.25. The van der Waals surface area contributed by atoms with Gasteiger partial charge in [0.05, 0.1) is 17.5 Å². The molecule has 0 spiro atoms. The van der Waals surface area contributed by atoms with Gasteiger partial charge in [-0.1, -0.05) is 12.1 Å². The van der Waals surface area contributed by atoms with Crippen molar-refractivity contribution >= 4 is 21.4 Å². The average Bonchev–Trinajstić information content (AvgIpc) is 3.02. The number of nitrogens with zero attached hydrogens (tertiary/aromatic N) is 3. The van der Waals surface area contributed by atoms with Crippen LogP contribution in [0.3, 0.4) is 0 Å². The molecule has 2 aliphatic rings. The summed E-state index contributed by atoms with van der Waals surface area (Å²) in [5.74, 6) is 0.317. The Labute approximate surface area is 163 Å². The van der Waals surface area contributed by atoms with E-state index < -0.39 is 9.84 Å². The van der Waals surface area contributed by atoms with Gasteiger partial charge in [0.15, 0.2) is 9.84 Å². The van der Waals surface area contributed by atoms with E-state index in [4.69, 9.17) is 0 Å². The van der Waals surface area contributed by atoms with Crippen LogP contribution >= 0.6 is 0 Å². The lowest BCUT2D eigenvalue weighted by Crippen LogP contribution is -2.55. The lowest BCUT2D eigenvalue weighted by Gasteiger charge is -2.40. The highest BCUT2D eigenvalue weighted by molar-refractivity contribution is 7.91. The zero-order valence-corrected chi connectivity index (χ0v) is 17.6. The van der Waals surface area contributed by atoms with Gasteiger partial charge in [-0.3, -0.25) is 9.69 Å². The number of benzene rings is 1. The Hall–Kier alpha value is -1.60. The van der Waals surface area contributed by atoms with Crippen LogP contribution in [0.25, 0.3) is 0 Å². The molecule has 0 aromatic heterocycles. The molecular weight excluding hydrogens is 362 g/mol. The lowest BCUT2D eigenvalue weighted by atomic mass is 10.1. The molecule has 2 atom stereocenters. The Morgan fingerprint density at radius 2 is 1.85 bits per heavy atom. The number of piperazine rings is 1. The quantitative estimate of drug-likeness (QED) is 0.775. The van der Waals surface area contributed by atoms with Gasteiger partial charge >= 0.3 is 0 Å². The van der Waals surface area contributed by atoms with Crippen LogP contribution in [0.1, 0.15) is 24.5 Å². The first kappa shape index (κ1) is 20.1. The van der Waals surface area contributed by atoms with Crippen molar-refractivity contribution in [2.75, 3.05) is 49.6 Å². The predicted octanol–water partition coefficient (Wildman–Crippen LogP) is 1.46. The molecule has 1 amide bonds. The van der Waals surface area contributed by atoms with Crippen molar-refractivity contribution in [1.82, 2.24) is 9.80 Å². The minimum absolute atomic E-state index is 0.0253. The molecule has 3 rings (SSSR count). The summed E-state index contributed by atoms with van der Waals surface area (Å²) >= 11 is 0. The van der Waals surface area contributed by atoms with Gasteiger partial charge in [0.25, 0.3) is 0 Å². The number of amides is 1. The number of aryl methyl sites for hydroxylation is 1. The van der Waals surface area contributed by atoms with E-state index >= 15 is 0 Å². The van der Waals surface area contributed by atoms with Gasteiger partial charge in [0.1, 0.15) is 0 Å². The summed E-state index contributed by atoms with van der Waals surface area (Å²) in [5.41, 5.74) is 3.89. The van der Waals surface area contributed by atoms with Crippen molar-refractivity contribution in [3.05, 3.63) is 29.3 Å². The molecule has 2 fully saturated rings. The smallest absolute Gasteiger partial charge is 0.239 e. The van der Waals surface area contributed by atoms with E-state index in [1.807, 2.05) is 6.92 Å². The minimum atomic E-state index is -2.98. The topological polar surface area (TPSA) is 60.9 Å². The van der Waals surface area contributed by atoms with Gasteiger partial charge in [0.2, 0.25) is 5.91 Å². The summed E-state index contributed by atoms with van der Waals surface area (Å²) in [7, 11) is -1.24. The van der Waals surface area contributed by atoms with E-state index in [0.717, 1.165) is 26.2 Å². The molecule has 6 nitrogen and oxygen atoms in total. The van der Waals surface area contributed by atoms with Crippen LogP contribution in [0.5, 0.6) is 0 Å². The van der Waals surface area contributed by atoms with Gasteiger partial charge in [-0.05, 0) is 44.4 Å². The van der Waals surface area contributed by atoms with Crippen molar-refractivity contribution in [3.8, 4) is 0 Å². The Balaban J connectivity index is 1.59. The molecule has 2 saturated heterocycles. The molecule has 0 saturated carbocycles. The fourth-order valence-corrected chi connectivity index (χ4v) is 5.91. The summed E-state index contributed by atoms with van der Waals surface area (Å²) in [6.07, 6.45) is 0.553. The maximum atomic E-state index is 12.9. The maximum Gasteiger partial charge on any atom is 0.239 e. The molecule has 27 heavy (non-hydrogen) atoms. The fraction of sp³-hybridized carbons (Fsp3) is 0.650. The molecular formula is C20H31N3O3S. The van der Waals surface area contributed by atoms with Gasteiger partial charge in [-0.15, -0.1) is 0 Å². The first-order chi connectivity index (χ1) is 12.7. The Morgan fingerprint density at radius 1 is 1.19 bits per heavy atom. The third-order valence-electron chi connectivity index (χ3n) is 6.24. The first-order valence-corrected chi connectivity index (χ1v) is 11.5. The van der Waals surface area contributed by atoms with Crippen molar-refractivity contribution in [1.29, 1.82) is 0 Å². The van der Waals surface area contributed by atoms with Crippen molar-refractivity contribution in [2.24, 2.45) is 0 Å². The lowest BCUT2D eigenvalue weighted by molar-refractivity contribution is -0.136. The van der Waals surface area contributed by atoms with Crippen LogP contribution in [0.15, 0.2) is 18.2 Å². The molecule has 2 aliphatic heterocycles. The zero-order chi connectivity index (χ0) is 19.8. The minimum Gasteiger partial charge on any atom is -0.369 e. The number of hydrogen-bond donors (Lipinski definition) is 0. The number of rotatable bonds is 4. The zero-order valence-electron chi connectivity index (χ0n) is 16.8. The monoisotopic (exact) mass is 393 g/mol. The van der Waals surface area contributed by atoms with Crippen LogP contribution in [0, 0.1) is 13.8 Å². The normalized spacial score (nSPS) is 24.0. The molecule has 0 unspecified atom stereocenters. The van der Waals surface area contributed by atoms with E-state index in [-0.39, 0.29) is 29.5 Å². The van der Waals surface area contributed by atoms with Crippen LogP contribution in [0.2, 0.25) is 0 Å². The number of sulfone groups is 1. The predicted molar refractivity (Wildman–Crippen MR) is 109 cm³/mol. The molecule has 1 aromatic carbocycles. The number of hydrogen-bond acceptors (Lipinski definition) is 5. The fourth-order valence-electron chi connectivity index (χ4n) is 4.14. The Bertz CT molecular complexity index is 801. The van der Waals surface area contributed by atoms with E-state index in [1.165, 1.54) is 16.8 Å². The van der Waals surface area contributed by atoms with E-state index in [0.29, 0.717) is 6.42 Å². The number of anilines is 1. The maximum absolute atomic E-state index is 12.9. The molecule has 1 aromatic rings. The largest absolute Gasteiger partial charge is 0.369 e. The first-order valence-electron chi connectivity index (χ1n) is 9.72.